The third-order valence-electron chi connectivity index (χ3n) is 6.55. The number of carbonyl (C=O) groups is 2. The summed E-state index contributed by atoms with van der Waals surface area (Å²) < 4.78 is 39.1. The molecule has 0 saturated carbocycles. The lowest BCUT2D eigenvalue weighted by Gasteiger charge is -2.25. The van der Waals surface area contributed by atoms with Gasteiger partial charge in [-0.3, -0.25) is 24.0 Å². The van der Waals surface area contributed by atoms with Crippen LogP contribution in [0.4, 0.5) is 17.1 Å². The number of anilines is 2. The van der Waals surface area contributed by atoms with Crippen molar-refractivity contribution in [3.05, 3.63) is 117 Å². The molecule has 0 aliphatic rings. The van der Waals surface area contributed by atoms with Gasteiger partial charge in [-0.25, -0.2) is 13.8 Å². The third-order valence-corrected chi connectivity index (χ3v) is 8.59. The summed E-state index contributed by atoms with van der Waals surface area (Å²) in [6.07, 6.45) is 0. The van der Waals surface area contributed by atoms with Gasteiger partial charge in [-0.05, 0) is 61.0 Å². The molecule has 0 aliphatic heterocycles. The monoisotopic (exact) mass is 665 g/mol. The van der Waals surface area contributed by atoms with Gasteiger partial charge in [0, 0.05) is 28.4 Å². The molecule has 0 spiro atoms. The first-order valence-corrected chi connectivity index (χ1v) is 15.2. The molecule has 2 amide bonds. The van der Waals surface area contributed by atoms with Crippen LogP contribution in [0.3, 0.4) is 0 Å². The number of hydrogen-bond donors (Lipinski definition) is 2. The predicted molar refractivity (Wildman–Crippen MR) is 173 cm³/mol. The Morgan fingerprint density at radius 3 is 2.35 bits per heavy atom. The zero-order valence-electron chi connectivity index (χ0n) is 24.8. The van der Waals surface area contributed by atoms with Gasteiger partial charge in [-0.1, -0.05) is 41.9 Å². The van der Waals surface area contributed by atoms with E-state index >= 15 is 0 Å². The molecular weight excluding hydrogens is 638 g/mol. The minimum atomic E-state index is -4.70. The first-order chi connectivity index (χ1) is 21.9. The molecule has 0 saturated heterocycles. The Morgan fingerprint density at radius 2 is 1.65 bits per heavy atom. The highest BCUT2D eigenvalue weighted by Gasteiger charge is 2.34. The van der Waals surface area contributed by atoms with Crippen LogP contribution in [0.2, 0.25) is 5.02 Å². The summed E-state index contributed by atoms with van der Waals surface area (Å²) in [5.41, 5.74) is 3.30. The smallest absolute Gasteiger partial charge is 0.289 e. The Labute approximate surface area is 269 Å². The summed E-state index contributed by atoms with van der Waals surface area (Å²) in [5, 5.41) is 19.0. The predicted octanol–water partition coefficient (Wildman–Crippen LogP) is 5.25. The van der Waals surface area contributed by atoms with E-state index in [-0.39, 0.29) is 17.3 Å². The van der Waals surface area contributed by atoms with Gasteiger partial charge in [0.15, 0.2) is 4.90 Å². The van der Waals surface area contributed by atoms with E-state index < -0.39 is 38.0 Å². The zero-order valence-corrected chi connectivity index (χ0v) is 26.3. The fourth-order valence-corrected chi connectivity index (χ4v) is 6.05. The molecule has 0 aliphatic carbocycles. The molecule has 15 heteroatoms. The number of carbonyl (C=O) groups excluding carboxylic acids is 2. The molecule has 0 bridgehead atoms. The number of rotatable bonds is 12. The van der Waals surface area contributed by atoms with E-state index in [1.807, 2.05) is 0 Å². The van der Waals surface area contributed by atoms with E-state index in [1.165, 1.54) is 50.6 Å². The first-order valence-electron chi connectivity index (χ1n) is 13.4. The highest BCUT2D eigenvalue weighted by molar-refractivity contribution is 7.93. The van der Waals surface area contributed by atoms with E-state index in [9.17, 15) is 28.1 Å². The van der Waals surface area contributed by atoms with Gasteiger partial charge in [-0.15, -0.1) is 0 Å². The summed E-state index contributed by atoms with van der Waals surface area (Å²) in [6, 6.07) is 22.2. The Morgan fingerprint density at radius 1 is 0.935 bits per heavy atom. The maximum absolute atomic E-state index is 13.9. The van der Waals surface area contributed by atoms with Gasteiger partial charge in [0.25, 0.3) is 27.5 Å². The number of halogens is 1. The lowest BCUT2D eigenvalue weighted by atomic mass is 10.1. The fourth-order valence-electron chi connectivity index (χ4n) is 4.27. The van der Waals surface area contributed by atoms with Gasteiger partial charge in [-0.2, -0.15) is 5.10 Å². The molecule has 2 N–H and O–H groups in total. The summed E-state index contributed by atoms with van der Waals surface area (Å²) >= 11 is 5.98. The number of sulfonamides is 1. The second kappa shape index (κ2) is 14.5. The second-order valence-electron chi connectivity index (χ2n) is 9.55. The zero-order chi connectivity index (χ0) is 33.4. The minimum Gasteiger partial charge on any atom is -0.497 e. The second-order valence-corrected chi connectivity index (χ2v) is 11.8. The number of ether oxygens (including phenoxy) is 2. The summed E-state index contributed by atoms with van der Waals surface area (Å²) in [4.78, 5) is 36.1. The highest BCUT2D eigenvalue weighted by Crippen LogP contribution is 2.37. The number of nitrogens with zero attached hydrogens (tertiary/aromatic N) is 3. The molecule has 4 aromatic carbocycles. The standard InChI is InChI=1S/C31H28ClN5O8S/c1-20(21-8-7-11-24(17-21)33-31(39)22-9-6-10-23(32)16-22)34-35-30(38)19-36(26-15-14-25(44-2)18-28(26)45-3)46(42,43)29-13-5-4-12-27(29)37(40)41/h4-18H,19H2,1-3H3,(H,33,39)(H,35,38)/b34-20+. The quantitative estimate of drug-likeness (QED) is 0.117. The maximum atomic E-state index is 13.9. The van der Waals surface area contributed by atoms with Crippen molar-refractivity contribution < 1.29 is 32.4 Å². The number of nitrogens with one attached hydrogen (secondary N) is 2. The number of nitro groups is 1. The van der Waals surface area contributed by atoms with Gasteiger partial charge in [0.05, 0.1) is 30.5 Å². The van der Waals surface area contributed by atoms with Crippen molar-refractivity contribution in [1.82, 2.24) is 5.43 Å². The SMILES string of the molecule is COc1ccc(N(CC(=O)N/N=C(\C)c2cccc(NC(=O)c3cccc(Cl)c3)c2)S(=O)(=O)c2ccccc2[N+](=O)[O-])c(OC)c1. The third kappa shape index (κ3) is 7.78. The molecule has 0 heterocycles. The molecule has 4 rings (SSSR count). The van der Waals surface area contributed by atoms with Gasteiger partial charge >= 0.3 is 0 Å². The van der Waals surface area contributed by atoms with E-state index in [0.717, 1.165) is 12.1 Å². The van der Waals surface area contributed by atoms with Gasteiger partial charge < -0.3 is 14.8 Å². The molecule has 4 aromatic rings. The van der Waals surface area contributed by atoms with E-state index in [1.54, 1.807) is 49.4 Å². The molecule has 0 unspecified atom stereocenters. The van der Waals surface area contributed by atoms with E-state index in [0.29, 0.717) is 37.6 Å². The molecule has 238 valence electrons. The maximum Gasteiger partial charge on any atom is 0.289 e. The van der Waals surface area contributed by atoms with Crippen LogP contribution in [-0.4, -0.2) is 51.6 Å². The van der Waals surface area contributed by atoms with Crippen molar-refractivity contribution in [3.8, 4) is 11.5 Å². The number of methoxy groups -OCH3 is 2. The largest absolute Gasteiger partial charge is 0.497 e. The first kappa shape index (κ1) is 33.4. The number of amides is 2. The van der Waals surface area contributed by atoms with Crippen LogP contribution in [-0.2, 0) is 14.8 Å². The Balaban J connectivity index is 1.60. The molecule has 0 radical (unpaired) electrons. The minimum absolute atomic E-state index is 0.0330. The van der Waals surface area contributed by atoms with Crippen LogP contribution in [0.1, 0.15) is 22.8 Å². The van der Waals surface area contributed by atoms with Crippen LogP contribution in [0.5, 0.6) is 11.5 Å². The van der Waals surface area contributed by atoms with E-state index in [4.69, 9.17) is 21.1 Å². The van der Waals surface area contributed by atoms with Crippen molar-refractivity contribution in [1.29, 1.82) is 0 Å². The average Bonchev–Trinajstić information content (AvgIpc) is 3.05. The fraction of sp³-hybridized carbons (Fsp3) is 0.129. The van der Waals surface area contributed by atoms with Crippen LogP contribution in [0, 0.1) is 10.1 Å². The number of benzene rings is 4. The van der Waals surface area contributed by atoms with Crippen molar-refractivity contribution in [3.63, 3.8) is 0 Å². The Bertz CT molecular complexity index is 1930. The summed E-state index contributed by atoms with van der Waals surface area (Å²) in [7, 11) is -1.99. The lowest BCUT2D eigenvalue weighted by Crippen LogP contribution is -2.40. The molecule has 0 aromatic heterocycles. The van der Waals surface area contributed by atoms with Crippen LogP contribution in [0.25, 0.3) is 0 Å². The average molecular weight is 666 g/mol. The topological polar surface area (TPSA) is 170 Å². The molecular formula is C31H28ClN5O8S. The molecule has 13 nitrogen and oxygen atoms in total. The number of hydrogen-bond acceptors (Lipinski definition) is 9. The summed E-state index contributed by atoms with van der Waals surface area (Å²) in [5.74, 6) is -0.855. The molecule has 46 heavy (non-hydrogen) atoms. The van der Waals surface area contributed by atoms with Gasteiger partial charge in [0.1, 0.15) is 18.0 Å². The Hall–Kier alpha value is -5.47. The summed E-state index contributed by atoms with van der Waals surface area (Å²) in [6.45, 7) is 0.788. The van der Waals surface area contributed by atoms with Crippen molar-refractivity contribution in [2.75, 3.05) is 30.4 Å². The van der Waals surface area contributed by atoms with Crippen molar-refractivity contribution in [2.45, 2.75) is 11.8 Å². The molecule has 0 atom stereocenters. The van der Waals surface area contributed by atoms with Crippen molar-refractivity contribution in [2.24, 2.45) is 5.10 Å². The molecule has 0 fully saturated rings. The normalized spacial score (nSPS) is 11.3. The Kier molecular flexibility index (Phi) is 10.6. The number of para-hydroxylation sites is 1. The van der Waals surface area contributed by atoms with E-state index in [2.05, 4.69) is 15.8 Å². The van der Waals surface area contributed by atoms with Crippen LogP contribution < -0.4 is 24.5 Å². The van der Waals surface area contributed by atoms with Gasteiger partial charge in [0.2, 0.25) is 0 Å². The van der Waals surface area contributed by atoms with Crippen molar-refractivity contribution >= 4 is 56.2 Å². The number of nitro benzene ring substituents is 1. The number of hydrazone groups is 1. The lowest BCUT2D eigenvalue weighted by molar-refractivity contribution is -0.387. The highest BCUT2D eigenvalue weighted by atomic mass is 35.5. The van der Waals surface area contributed by atoms with Crippen LogP contribution >= 0.6 is 11.6 Å². The van der Waals surface area contributed by atoms with Crippen LogP contribution in [0.15, 0.2) is 101 Å².